The third-order valence-electron chi connectivity index (χ3n) is 12.2. The van der Waals surface area contributed by atoms with E-state index in [9.17, 15) is 34.5 Å². The standard InChI is InChI=1S/C55H96O12/c1-4-7-10-13-16-19-21-23-24-26-28-31-34-37-40-43-49(58)66-53-51(60)50(59)52(54(61)62)67-55(53)64-45-46(65-48(57)42-39-36-33-29-18-15-12-9-6-3)44-63-47(56)41-38-35-32-30-27-25-22-20-17-14-11-8-5-2/h11,14,20,22-24,46,50-53,55,59-60H,4-10,12-13,15-19,21,25-45H2,1-3H3,(H,61,62)/b14-11-,22-20-,24-23-. The molecule has 0 aromatic heterocycles. The summed E-state index contributed by atoms with van der Waals surface area (Å²) in [6, 6.07) is 0. The molecule has 1 heterocycles. The van der Waals surface area contributed by atoms with Gasteiger partial charge in [-0.05, 0) is 70.6 Å². The number of rotatable bonds is 45. The summed E-state index contributed by atoms with van der Waals surface area (Å²) in [5, 5.41) is 31.3. The van der Waals surface area contributed by atoms with Gasteiger partial charge in [0.05, 0.1) is 6.61 Å². The van der Waals surface area contributed by atoms with Crippen LogP contribution in [0.4, 0.5) is 0 Å². The third-order valence-corrected chi connectivity index (χ3v) is 12.2. The van der Waals surface area contributed by atoms with Crippen molar-refractivity contribution in [1.82, 2.24) is 0 Å². The Bertz CT molecular complexity index is 1310. The van der Waals surface area contributed by atoms with Gasteiger partial charge in [-0.1, -0.05) is 186 Å². The van der Waals surface area contributed by atoms with Crippen molar-refractivity contribution in [3.8, 4) is 0 Å². The number of aliphatic hydroxyl groups is 2. The first kappa shape index (κ1) is 62.0. The summed E-state index contributed by atoms with van der Waals surface area (Å²) >= 11 is 0. The fourth-order valence-electron chi connectivity index (χ4n) is 7.99. The number of allylic oxidation sites excluding steroid dienone is 6. The predicted molar refractivity (Wildman–Crippen MR) is 266 cm³/mol. The molecule has 0 saturated carbocycles. The van der Waals surface area contributed by atoms with Crippen molar-refractivity contribution in [3.05, 3.63) is 36.5 Å². The van der Waals surface area contributed by atoms with Gasteiger partial charge in [-0.15, -0.1) is 0 Å². The zero-order valence-corrected chi connectivity index (χ0v) is 42.4. The normalized spacial score (nSPS) is 19.1. The lowest BCUT2D eigenvalue weighted by Crippen LogP contribution is -2.61. The van der Waals surface area contributed by atoms with E-state index in [1.165, 1.54) is 70.6 Å². The summed E-state index contributed by atoms with van der Waals surface area (Å²) in [4.78, 5) is 50.8. The highest BCUT2D eigenvalue weighted by atomic mass is 16.7. The molecule has 1 fully saturated rings. The lowest BCUT2D eigenvalue weighted by Gasteiger charge is -2.40. The Balaban J connectivity index is 2.70. The molecule has 1 aliphatic rings. The minimum absolute atomic E-state index is 0.0518. The fourth-order valence-corrected chi connectivity index (χ4v) is 7.99. The number of carboxylic acids is 1. The van der Waals surface area contributed by atoms with Crippen molar-refractivity contribution in [2.45, 2.75) is 276 Å². The van der Waals surface area contributed by atoms with E-state index < -0.39 is 67.3 Å². The molecule has 6 atom stereocenters. The molecule has 1 saturated heterocycles. The number of aliphatic hydroxyl groups excluding tert-OH is 2. The van der Waals surface area contributed by atoms with Crippen LogP contribution in [0.3, 0.4) is 0 Å². The lowest BCUT2D eigenvalue weighted by atomic mass is 9.98. The summed E-state index contributed by atoms with van der Waals surface area (Å²) in [6.45, 7) is 5.87. The zero-order valence-electron chi connectivity index (χ0n) is 42.4. The van der Waals surface area contributed by atoms with Gasteiger partial charge >= 0.3 is 23.9 Å². The maximum atomic E-state index is 13.0. The van der Waals surface area contributed by atoms with Gasteiger partial charge in [0.2, 0.25) is 0 Å². The topological polar surface area (TPSA) is 175 Å². The molecule has 67 heavy (non-hydrogen) atoms. The molecular formula is C55H96O12. The number of hydrogen-bond donors (Lipinski definition) is 3. The second-order valence-electron chi connectivity index (χ2n) is 18.5. The largest absolute Gasteiger partial charge is 0.479 e. The number of hydrogen-bond acceptors (Lipinski definition) is 11. The minimum Gasteiger partial charge on any atom is -0.479 e. The Hall–Kier alpha value is -3.06. The maximum Gasteiger partial charge on any atom is 0.335 e. The number of unbranched alkanes of at least 4 members (excludes halogenated alkanes) is 25. The quantitative estimate of drug-likeness (QED) is 0.0228. The molecule has 12 heteroatoms. The van der Waals surface area contributed by atoms with Gasteiger partial charge in [-0.2, -0.15) is 0 Å². The summed E-state index contributed by atoms with van der Waals surface area (Å²) in [5.74, 6) is -3.14. The Kier molecular flexibility index (Phi) is 40.8. The number of carboxylic acid groups (broad SMARTS) is 1. The predicted octanol–water partition coefficient (Wildman–Crippen LogP) is 12.9. The van der Waals surface area contributed by atoms with Gasteiger partial charge in [-0.3, -0.25) is 14.4 Å². The van der Waals surface area contributed by atoms with E-state index in [2.05, 4.69) is 57.2 Å². The monoisotopic (exact) mass is 949 g/mol. The molecule has 6 unspecified atom stereocenters. The van der Waals surface area contributed by atoms with Crippen LogP contribution < -0.4 is 0 Å². The number of carbonyl (C=O) groups is 4. The van der Waals surface area contributed by atoms with Crippen molar-refractivity contribution in [3.63, 3.8) is 0 Å². The molecule has 0 bridgehead atoms. The fraction of sp³-hybridized carbons (Fsp3) is 0.818. The van der Waals surface area contributed by atoms with Crippen LogP contribution >= 0.6 is 0 Å². The van der Waals surface area contributed by atoms with Crippen LogP contribution in [0.1, 0.15) is 239 Å². The van der Waals surface area contributed by atoms with Gasteiger partial charge in [-0.25, -0.2) is 4.79 Å². The van der Waals surface area contributed by atoms with Gasteiger partial charge < -0.3 is 39.0 Å². The van der Waals surface area contributed by atoms with Crippen molar-refractivity contribution in [2.75, 3.05) is 13.2 Å². The SMILES string of the molecule is CCC/C=C\C/C=C\CCCCCCCC(=O)OCC(COC1OC(C(=O)O)C(O)C(O)C1OC(=O)CCCCCCC/C=C\CCCCCCCC)OC(=O)CCCCCCCCCCC. The number of carbonyl (C=O) groups excluding carboxylic acids is 3. The van der Waals surface area contributed by atoms with Gasteiger partial charge in [0.15, 0.2) is 24.6 Å². The zero-order chi connectivity index (χ0) is 49.0. The second-order valence-corrected chi connectivity index (χ2v) is 18.5. The van der Waals surface area contributed by atoms with Crippen LogP contribution in [0.15, 0.2) is 36.5 Å². The molecule has 0 radical (unpaired) electrons. The van der Waals surface area contributed by atoms with Crippen LogP contribution in [0.5, 0.6) is 0 Å². The Morgan fingerprint density at radius 3 is 1.42 bits per heavy atom. The van der Waals surface area contributed by atoms with Gasteiger partial charge in [0.25, 0.3) is 0 Å². The highest BCUT2D eigenvalue weighted by molar-refractivity contribution is 5.74. The van der Waals surface area contributed by atoms with Crippen LogP contribution in [0, 0.1) is 0 Å². The van der Waals surface area contributed by atoms with Crippen LogP contribution in [-0.2, 0) is 42.9 Å². The summed E-state index contributed by atoms with van der Waals surface area (Å²) in [7, 11) is 0. The first-order valence-electron chi connectivity index (χ1n) is 27.0. The van der Waals surface area contributed by atoms with E-state index in [1.54, 1.807) is 0 Å². The van der Waals surface area contributed by atoms with E-state index in [4.69, 9.17) is 23.7 Å². The average molecular weight is 949 g/mol. The van der Waals surface area contributed by atoms with E-state index >= 15 is 0 Å². The maximum absolute atomic E-state index is 13.0. The Morgan fingerprint density at radius 2 is 0.925 bits per heavy atom. The highest BCUT2D eigenvalue weighted by Gasteiger charge is 2.50. The number of esters is 3. The van der Waals surface area contributed by atoms with E-state index in [0.29, 0.717) is 19.3 Å². The highest BCUT2D eigenvalue weighted by Crippen LogP contribution is 2.26. The van der Waals surface area contributed by atoms with Crippen LogP contribution in [0.25, 0.3) is 0 Å². The van der Waals surface area contributed by atoms with E-state index in [0.717, 1.165) is 109 Å². The number of ether oxygens (including phenoxy) is 5. The van der Waals surface area contributed by atoms with E-state index in [-0.39, 0.29) is 25.9 Å². The Morgan fingerprint density at radius 1 is 0.493 bits per heavy atom. The van der Waals surface area contributed by atoms with Crippen molar-refractivity contribution < 1.29 is 58.2 Å². The molecule has 12 nitrogen and oxygen atoms in total. The minimum atomic E-state index is -1.90. The van der Waals surface area contributed by atoms with Crippen molar-refractivity contribution >= 4 is 23.9 Å². The summed E-state index contributed by atoms with van der Waals surface area (Å²) < 4.78 is 28.3. The van der Waals surface area contributed by atoms with Crippen LogP contribution in [-0.4, -0.2) is 89.2 Å². The summed E-state index contributed by atoms with van der Waals surface area (Å²) in [5.41, 5.74) is 0. The molecule has 0 amide bonds. The molecule has 0 aliphatic carbocycles. The van der Waals surface area contributed by atoms with Crippen molar-refractivity contribution in [1.29, 1.82) is 0 Å². The molecule has 388 valence electrons. The molecule has 0 aromatic rings. The van der Waals surface area contributed by atoms with E-state index in [1.807, 2.05) is 0 Å². The summed E-state index contributed by atoms with van der Waals surface area (Å²) in [6.07, 6.45) is 37.1. The van der Waals surface area contributed by atoms with Gasteiger partial charge in [0, 0.05) is 19.3 Å². The average Bonchev–Trinajstić information content (AvgIpc) is 3.31. The Labute approximate surface area is 406 Å². The smallest absolute Gasteiger partial charge is 0.335 e. The molecular weight excluding hydrogens is 853 g/mol. The first-order chi connectivity index (χ1) is 32.6. The molecule has 0 spiro atoms. The van der Waals surface area contributed by atoms with Crippen molar-refractivity contribution in [2.24, 2.45) is 0 Å². The first-order valence-corrected chi connectivity index (χ1v) is 27.0. The molecule has 0 aromatic carbocycles. The number of aliphatic carboxylic acids is 1. The lowest BCUT2D eigenvalue weighted by molar-refractivity contribution is -0.301. The van der Waals surface area contributed by atoms with Crippen LogP contribution in [0.2, 0.25) is 0 Å². The van der Waals surface area contributed by atoms with Gasteiger partial charge in [0.1, 0.15) is 18.8 Å². The third kappa shape index (κ3) is 34.8. The molecule has 1 aliphatic heterocycles. The molecule has 1 rings (SSSR count). The second kappa shape index (κ2) is 44.2. The molecule has 3 N–H and O–H groups in total.